The van der Waals surface area contributed by atoms with Crippen molar-refractivity contribution in [1.82, 2.24) is 4.98 Å². The standard InChI is InChI=1S/C18H21ClN2/c1-13-11-18(20-10-9-14-5-3-2-4-6-14)21-17-12-15(19)7-8-16(13)17/h5,7-8,11-12H,2-4,6,9-10H2,1H3,(H,20,21). The van der Waals surface area contributed by atoms with Gasteiger partial charge in [0.25, 0.3) is 0 Å². The van der Waals surface area contributed by atoms with Gasteiger partial charge in [-0.15, -0.1) is 0 Å². The van der Waals surface area contributed by atoms with Gasteiger partial charge in [0.15, 0.2) is 0 Å². The van der Waals surface area contributed by atoms with Crippen LogP contribution in [0.3, 0.4) is 0 Å². The van der Waals surface area contributed by atoms with Gasteiger partial charge in [-0.3, -0.25) is 0 Å². The van der Waals surface area contributed by atoms with Crippen LogP contribution < -0.4 is 5.32 Å². The lowest BCUT2D eigenvalue weighted by Gasteiger charge is -2.14. The van der Waals surface area contributed by atoms with E-state index >= 15 is 0 Å². The van der Waals surface area contributed by atoms with Crippen molar-refractivity contribution < 1.29 is 0 Å². The molecular weight excluding hydrogens is 280 g/mol. The van der Waals surface area contributed by atoms with E-state index in [9.17, 15) is 0 Å². The minimum atomic E-state index is 0.735. The molecule has 1 aromatic heterocycles. The fourth-order valence-electron chi connectivity index (χ4n) is 2.95. The summed E-state index contributed by atoms with van der Waals surface area (Å²) in [6, 6.07) is 8.00. The monoisotopic (exact) mass is 300 g/mol. The predicted octanol–water partition coefficient (Wildman–Crippen LogP) is 5.50. The average Bonchev–Trinajstić information content (AvgIpc) is 2.48. The Kier molecular flexibility index (Phi) is 4.45. The molecule has 110 valence electrons. The Morgan fingerprint density at radius 3 is 2.95 bits per heavy atom. The number of fused-ring (bicyclic) bond motifs is 1. The van der Waals surface area contributed by atoms with E-state index in [1.165, 1.54) is 36.6 Å². The van der Waals surface area contributed by atoms with Crippen LogP contribution in [0.5, 0.6) is 0 Å². The second kappa shape index (κ2) is 6.48. The molecule has 3 heteroatoms. The predicted molar refractivity (Wildman–Crippen MR) is 91.1 cm³/mol. The molecule has 0 unspecified atom stereocenters. The van der Waals surface area contributed by atoms with Gasteiger partial charge in [0.1, 0.15) is 5.82 Å². The molecule has 1 aliphatic carbocycles. The summed E-state index contributed by atoms with van der Waals surface area (Å²) in [5.41, 5.74) is 3.78. The Balaban J connectivity index is 1.70. The van der Waals surface area contributed by atoms with Crippen LogP contribution in [0, 0.1) is 6.92 Å². The molecule has 1 aliphatic rings. The Morgan fingerprint density at radius 1 is 1.24 bits per heavy atom. The number of hydrogen-bond donors (Lipinski definition) is 1. The molecule has 1 heterocycles. The SMILES string of the molecule is Cc1cc(NCCC2=CCCCC2)nc2cc(Cl)ccc12. The highest BCUT2D eigenvalue weighted by Crippen LogP contribution is 2.24. The zero-order valence-corrected chi connectivity index (χ0v) is 13.2. The van der Waals surface area contributed by atoms with Crippen molar-refractivity contribution >= 4 is 28.3 Å². The van der Waals surface area contributed by atoms with Crippen LogP contribution in [-0.4, -0.2) is 11.5 Å². The number of halogens is 1. The van der Waals surface area contributed by atoms with Crippen LogP contribution in [0.4, 0.5) is 5.82 Å². The van der Waals surface area contributed by atoms with E-state index in [4.69, 9.17) is 11.6 Å². The molecule has 1 aromatic carbocycles. The third kappa shape index (κ3) is 3.56. The molecule has 2 aromatic rings. The number of aryl methyl sites for hydroxylation is 1. The zero-order valence-electron chi connectivity index (χ0n) is 12.5. The quantitative estimate of drug-likeness (QED) is 0.754. The van der Waals surface area contributed by atoms with E-state index in [0.717, 1.165) is 29.3 Å². The van der Waals surface area contributed by atoms with Gasteiger partial charge in [0.2, 0.25) is 0 Å². The first-order chi connectivity index (χ1) is 10.2. The number of aromatic nitrogens is 1. The van der Waals surface area contributed by atoms with Crippen molar-refractivity contribution in [3.63, 3.8) is 0 Å². The van der Waals surface area contributed by atoms with Crippen LogP contribution in [0.25, 0.3) is 10.9 Å². The van der Waals surface area contributed by atoms with Crippen molar-refractivity contribution in [2.45, 2.75) is 39.0 Å². The van der Waals surface area contributed by atoms with E-state index in [0.29, 0.717) is 0 Å². The third-order valence-electron chi connectivity index (χ3n) is 4.12. The number of pyridine rings is 1. The molecule has 0 spiro atoms. The highest BCUT2D eigenvalue weighted by molar-refractivity contribution is 6.31. The lowest BCUT2D eigenvalue weighted by atomic mass is 9.97. The number of rotatable bonds is 4. The summed E-state index contributed by atoms with van der Waals surface area (Å²) in [6.07, 6.45) is 8.74. The fraction of sp³-hybridized carbons (Fsp3) is 0.389. The lowest BCUT2D eigenvalue weighted by Crippen LogP contribution is -2.06. The van der Waals surface area contributed by atoms with Crippen LogP contribution in [0.1, 0.15) is 37.7 Å². The summed E-state index contributed by atoms with van der Waals surface area (Å²) in [5, 5.41) is 5.35. The summed E-state index contributed by atoms with van der Waals surface area (Å²) >= 11 is 6.06. The molecule has 3 rings (SSSR count). The van der Waals surface area contributed by atoms with Gasteiger partial charge < -0.3 is 5.32 Å². The first-order valence-corrected chi connectivity index (χ1v) is 8.09. The topological polar surface area (TPSA) is 24.9 Å². The normalized spacial score (nSPS) is 15.0. The number of benzene rings is 1. The molecule has 21 heavy (non-hydrogen) atoms. The first-order valence-electron chi connectivity index (χ1n) is 7.71. The van der Waals surface area contributed by atoms with Crippen molar-refractivity contribution in [3.05, 3.63) is 46.5 Å². The summed E-state index contributed by atoms with van der Waals surface area (Å²) in [6.45, 7) is 3.07. The summed E-state index contributed by atoms with van der Waals surface area (Å²) < 4.78 is 0. The maximum atomic E-state index is 6.06. The molecule has 0 saturated heterocycles. The molecule has 0 atom stereocenters. The smallest absolute Gasteiger partial charge is 0.126 e. The van der Waals surface area contributed by atoms with Crippen LogP contribution >= 0.6 is 11.6 Å². The summed E-state index contributed by atoms with van der Waals surface area (Å²) in [5.74, 6) is 0.943. The third-order valence-corrected chi connectivity index (χ3v) is 4.35. The molecule has 0 fully saturated rings. The first kappa shape index (κ1) is 14.4. The largest absolute Gasteiger partial charge is 0.370 e. The Morgan fingerprint density at radius 2 is 2.14 bits per heavy atom. The van der Waals surface area contributed by atoms with Gasteiger partial charge in [-0.25, -0.2) is 4.98 Å². The Bertz CT molecular complexity index is 676. The lowest BCUT2D eigenvalue weighted by molar-refractivity contribution is 0.679. The summed E-state index contributed by atoms with van der Waals surface area (Å²) in [4.78, 5) is 4.66. The van der Waals surface area contributed by atoms with E-state index in [1.54, 1.807) is 5.57 Å². The van der Waals surface area contributed by atoms with E-state index in [-0.39, 0.29) is 0 Å². The Labute approximate surface area is 131 Å². The maximum absolute atomic E-state index is 6.06. The van der Waals surface area contributed by atoms with Crippen LogP contribution in [0.2, 0.25) is 5.02 Å². The maximum Gasteiger partial charge on any atom is 0.126 e. The van der Waals surface area contributed by atoms with Gasteiger partial charge in [-0.1, -0.05) is 29.3 Å². The van der Waals surface area contributed by atoms with Crippen molar-refractivity contribution in [2.75, 3.05) is 11.9 Å². The average molecular weight is 301 g/mol. The van der Waals surface area contributed by atoms with E-state index in [2.05, 4.69) is 29.4 Å². The number of anilines is 1. The van der Waals surface area contributed by atoms with Gasteiger partial charge in [0, 0.05) is 17.0 Å². The Hall–Kier alpha value is -1.54. The second-order valence-corrected chi connectivity index (χ2v) is 6.21. The second-order valence-electron chi connectivity index (χ2n) is 5.77. The van der Waals surface area contributed by atoms with Gasteiger partial charge in [-0.05, 0) is 62.8 Å². The van der Waals surface area contributed by atoms with E-state index < -0.39 is 0 Å². The van der Waals surface area contributed by atoms with Gasteiger partial charge in [-0.2, -0.15) is 0 Å². The minimum Gasteiger partial charge on any atom is -0.370 e. The van der Waals surface area contributed by atoms with Crippen LogP contribution in [0.15, 0.2) is 35.9 Å². The molecule has 0 bridgehead atoms. The van der Waals surface area contributed by atoms with E-state index in [1.807, 2.05) is 18.2 Å². The molecule has 0 radical (unpaired) electrons. The number of nitrogens with zero attached hydrogens (tertiary/aromatic N) is 1. The number of nitrogens with one attached hydrogen (secondary N) is 1. The van der Waals surface area contributed by atoms with Crippen LogP contribution in [-0.2, 0) is 0 Å². The molecule has 0 aliphatic heterocycles. The number of allylic oxidation sites excluding steroid dienone is 1. The molecule has 0 amide bonds. The zero-order chi connectivity index (χ0) is 14.7. The summed E-state index contributed by atoms with van der Waals surface area (Å²) in [7, 11) is 0. The van der Waals surface area contributed by atoms with Crippen molar-refractivity contribution in [2.24, 2.45) is 0 Å². The molecule has 0 saturated carbocycles. The molecular formula is C18H21ClN2. The van der Waals surface area contributed by atoms with Crippen molar-refractivity contribution in [1.29, 1.82) is 0 Å². The number of hydrogen-bond acceptors (Lipinski definition) is 2. The minimum absolute atomic E-state index is 0.735. The van der Waals surface area contributed by atoms with Gasteiger partial charge in [0.05, 0.1) is 5.52 Å². The molecule has 1 N–H and O–H groups in total. The highest BCUT2D eigenvalue weighted by atomic mass is 35.5. The highest BCUT2D eigenvalue weighted by Gasteiger charge is 2.05. The van der Waals surface area contributed by atoms with Gasteiger partial charge >= 0.3 is 0 Å². The molecule has 2 nitrogen and oxygen atoms in total. The van der Waals surface area contributed by atoms with Crippen molar-refractivity contribution in [3.8, 4) is 0 Å². The fourth-order valence-corrected chi connectivity index (χ4v) is 3.12.